The smallest absolute Gasteiger partial charge is 0.181 e. The van der Waals surface area contributed by atoms with Crippen LogP contribution in [0.5, 0.6) is 0 Å². The van der Waals surface area contributed by atoms with Crippen LogP contribution >= 0.6 is 0 Å². The highest BCUT2D eigenvalue weighted by Gasteiger charge is 2.30. The van der Waals surface area contributed by atoms with Crippen LogP contribution in [0.1, 0.15) is 74.0 Å². The second-order valence-corrected chi connectivity index (χ2v) is 8.18. The number of aryl methyl sites for hydroxylation is 1. The molecule has 3 heterocycles. The zero-order chi connectivity index (χ0) is 19.0. The summed E-state index contributed by atoms with van der Waals surface area (Å²) in [5.41, 5.74) is 3.56. The minimum absolute atomic E-state index is 0.376. The average Bonchev–Trinajstić information content (AvgIpc) is 3.41. The fourth-order valence-electron chi connectivity index (χ4n) is 4.00. The quantitative estimate of drug-likeness (QED) is 0.774. The summed E-state index contributed by atoms with van der Waals surface area (Å²) in [6.45, 7) is 13.6. The van der Waals surface area contributed by atoms with Crippen molar-refractivity contribution in [2.75, 3.05) is 31.1 Å². The summed E-state index contributed by atoms with van der Waals surface area (Å²) in [4.78, 5) is 19.2. The number of anilines is 1. The van der Waals surface area contributed by atoms with Crippen LogP contribution in [0.2, 0.25) is 0 Å². The van der Waals surface area contributed by atoms with Crippen molar-refractivity contribution in [2.45, 2.75) is 65.3 Å². The van der Waals surface area contributed by atoms with Crippen LogP contribution in [0.4, 0.5) is 5.82 Å². The second kappa shape index (κ2) is 7.58. The Morgan fingerprint density at radius 2 is 1.89 bits per heavy atom. The van der Waals surface area contributed by atoms with Crippen molar-refractivity contribution in [3.8, 4) is 0 Å². The van der Waals surface area contributed by atoms with E-state index in [4.69, 9.17) is 14.4 Å². The molecule has 0 radical (unpaired) electrons. The SMILES string of the molecule is CCc1c(C)nc(C2CC2)nc1N1CCN(Cc2ncoc2C(C)C)CC1. The van der Waals surface area contributed by atoms with Crippen molar-refractivity contribution < 1.29 is 4.42 Å². The lowest BCUT2D eigenvalue weighted by molar-refractivity contribution is 0.244. The van der Waals surface area contributed by atoms with Gasteiger partial charge in [-0.2, -0.15) is 0 Å². The summed E-state index contributed by atoms with van der Waals surface area (Å²) in [6.07, 6.45) is 5.06. The number of hydrogen-bond acceptors (Lipinski definition) is 6. The molecule has 6 heteroatoms. The van der Waals surface area contributed by atoms with E-state index in [1.165, 1.54) is 24.2 Å². The van der Waals surface area contributed by atoms with Gasteiger partial charge in [-0.25, -0.2) is 15.0 Å². The molecule has 0 amide bonds. The standard InChI is InChI=1S/C21H31N5O/c1-5-17-15(4)23-20(16-6-7-16)24-21(17)26-10-8-25(9-11-26)12-18-19(14(2)3)27-13-22-18/h13-14,16H,5-12H2,1-4H3. The van der Waals surface area contributed by atoms with Crippen molar-refractivity contribution >= 4 is 5.82 Å². The van der Waals surface area contributed by atoms with Crippen LogP contribution in [0.25, 0.3) is 0 Å². The van der Waals surface area contributed by atoms with Gasteiger partial charge in [-0.15, -0.1) is 0 Å². The summed E-state index contributed by atoms with van der Waals surface area (Å²) < 4.78 is 5.58. The monoisotopic (exact) mass is 369 g/mol. The molecule has 1 saturated carbocycles. The molecule has 2 aromatic rings. The summed E-state index contributed by atoms with van der Waals surface area (Å²) in [7, 11) is 0. The Hall–Kier alpha value is -1.95. The highest BCUT2D eigenvalue weighted by Crippen LogP contribution is 2.39. The molecular weight excluding hydrogens is 338 g/mol. The van der Waals surface area contributed by atoms with Gasteiger partial charge in [0.25, 0.3) is 0 Å². The minimum Gasteiger partial charge on any atom is -0.448 e. The van der Waals surface area contributed by atoms with Crippen LogP contribution in [0, 0.1) is 6.92 Å². The third kappa shape index (κ3) is 3.86. The molecule has 1 aliphatic carbocycles. The van der Waals surface area contributed by atoms with Crippen molar-refractivity contribution in [1.29, 1.82) is 0 Å². The van der Waals surface area contributed by atoms with Crippen LogP contribution < -0.4 is 4.90 Å². The second-order valence-electron chi connectivity index (χ2n) is 8.18. The fourth-order valence-corrected chi connectivity index (χ4v) is 4.00. The molecule has 0 spiro atoms. The molecule has 6 nitrogen and oxygen atoms in total. The highest BCUT2D eigenvalue weighted by molar-refractivity contribution is 5.50. The third-order valence-electron chi connectivity index (χ3n) is 5.75. The summed E-state index contributed by atoms with van der Waals surface area (Å²) >= 11 is 0. The van der Waals surface area contributed by atoms with E-state index in [1.807, 2.05) is 0 Å². The highest BCUT2D eigenvalue weighted by atomic mass is 16.3. The Morgan fingerprint density at radius 1 is 1.15 bits per heavy atom. The van der Waals surface area contributed by atoms with E-state index >= 15 is 0 Å². The molecule has 4 rings (SSSR count). The van der Waals surface area contributed by atoms with Gasteiger partial charge in [0, 0.05) is 55.8 Å². The van der Waals surface area contributed by atoms with E-state index < -0.39 is 0 Å². The zero-order valence-electron chi connectivity index (χ0n) is 17.0. The van der Waals surface area contributed by atoms with Gasteiger partial charge in [0.2, 0.25) is 0 Å². The zero-order valence-corrected chi connectivity index (χ0v) is 17.0. The number of rotatable bonds is 6. The third-order valence-corrected chi connectivity index (χ3v) is 5.75. The van der Waals surface area contributed by atoms with Gasteiger partial charge in [0.1, 0.15) is 17.4 Å². The first-order chi connectivity index (χ1) is 13.1. The molecule has 2 aromatic heterocycles. The van der Waals surface area contributed by atoms with Crippen LogP contribution in [-0.4, -0.2) is 46.0 Å². The van der Waals surface area contributed by atoms with Crippen molar-refractivity contribution in [3.05, 3.63) is 34.9 Å². The molecule has 146 valence electrons. The molecule has 2 fully saturated rings. The average molecular weight is 370 g/mol. The molecule has 2 aliphatic rings. The number of aromatic nitrogens is 3. The summed E-state index contributed by atoms with van der Waals surface area (Å²) in [5.74, 6) is 4.23. The lowest BCUT2D eigenvalue weighted by Gasteiger charge is -2.36. The molecule has 0 bridgehead atoms. The maximum atomic E-state index is 5.58. The van der Waals surface area contributed by atoms with E-state index in [0.29, 0.717) is 11.8 Å². The van der Waals surface area contributed by atoms with E-state index in [2.05, 4.69) is 42.5 Å². The van der Waals surface area contributed by atoms with Crippen molar-refractivity contribution in [1.82, 2.24) is 19.9 Å². The Labute approximate surface area is 162 Å². The largest absolute Gasteiger partial charge is 0.448 e. The lowest BCUT2D eigenvalue weighted by Crippen LogP contribution is -2.46. The van der Waals surface area contributed by atoms with Gasteiger partial charge in [0.05, 0.1) is 5.69 Å². The maximum absolute atomic E-state index is 5.58. The molecule has 1 saturated heterocycles. The Bertz CT molecular complexity index is 788. The van der Waals surface area contributed by atoms with Crippen LogP contribution in [0.3, 0.4) is 0 Å². The van der Waals surface area contributed by atoms with Crippen LogP contribution in [-0.2, 0) is 13.0 Å². The Kier molecular flexibility index (Phi) is 5.17. The molecule has 1 aliphatic heterocycles. The van der Waals surface area contributed by atoms with E-state index in [-0.39, 0.29) is 0 Å². The van der Waals surface area contributed by atoms with Gasteiger partial charge < -0.3 is 9.32 Å². The first-order valence-corrected chi connectivity index (χ1v) is 10.3. The van der Waals surface area contributed by atoms with Gasteiger partial charge >= 0.3 is 0 Å². The van der Waals surface area contributed by atoms with Gasteiger partial charge in [-0.1, -0.05) is 20.8 Å². The Balaban J connectivity index is 1.45. The van der Waals surface area contributed by atoms with Gasteiger partial charge in [-0.3, -0.25) is 4.90 Å². The first kappa shape index (κ1) is 18.4. The summed E-state index contributed by atoms with van der Waals surface area (Å²) in [6, 6.07) is 0. The van der Waals surface area contributed by atoms with Gasteiger partial charge in [0.15, 0.2) is 6.39 Å². The molecule has 0 aromatic carbocycles. The van der Waals surface area contributed by atoms with Crippen LogP contribution in [0.15, 0.2) is 10.8 Å². The predicted molar refractivity (Wildman–Crippen MR) is 106 cm³/mol. The van der Waals surface area contributed by atoms with Gasteiger partial charge in [-0.05, 0) is 26.2 Å². The first-order valence-electron chi connectivity index (χ1n) is 10.3. The maximum Gasteiger partial charge on any atom is 0.181 e. The van der Waals surface area contributed by atoms with Crippen molar-refractivity contribution in [3.63, 3.8) is 0 Å². The number of oxazole rings is 1. The number of hydrogen-bond donors (Lipinski definition) is 0. The van der Waals surface area contributed by atoms with E-state index in [1.54, 1.807) is 6.39 Å². The predicted octanol–water partition coefficient (Wildman–Crippen LogP) is 3.66. The van der Waals surface area contributed by atoms with Crippen molar-refractivity contribution in [2.24, 2.45) is 0 Å². The molecule has 0 N–H and O–H groups in total. The lowest BCUT2D eigenvalue weighted by atomic mass is 10.1. The van der Waals surface area contributed by atoms with E-state index in [9.17, 15) is 0 Å². The molecule has 27 heavy (non-hydrogen) atoms. The molecule has 0 unspecified atom stereocenters. The molecule has 0 atom stereocenters. The Morgan fingerprint density at radius 3 is 2.52 bits per heavy atom. The summed E-state index contributed by atoms with van der Waals surface area (Å²) in [5, 5.41) is 0. The molecular formula is C21H31N5O. The topological polar surface area (TPSA) is 58.3 Å². The minimum atomic E-state index is 0.376. The fraction of sp³-hybridized carbons (Fsp3) is 0.667. The number of nitrogens with zero attached hydrogens (tertiary/aromatic N) is 5. The number of piperazine rings is 1. The van der Waals surface area contributed by atoms with E-state index in [0.717, 1.165) is 62.1 Å². The normalized spacial score (nSPS) is 18.5.